The Hall–Kier alpha value is -8.59. The lowest BCUT2D eigenvalue weighted by Gasteiger charge is -2.25. The second-order valence-electron chi connectivity index (χ2n) is 18.6. The molecule has 13 rings (SSSR count). The molecule has 1 aromatic heterocycles. The average molecular weight is 867 g/mol. The van der Waals surface area contributed by atoms with Crippen molar-refractivity contribution in [3.05, 3.63) is 254 Å². The minimum absolute atomic E-state index is 0.265. The fraction of sp³-hybridized carbons (Fsp3) is 0.0455. The standard InChI is InChI=1S/C66H46N2/c1-66(2)59-40-47(43-34-36-46(37-35-43)65-67-61-32-18-19-33-62(61)68(65)48-24-10-5-11-25-48)38-39-51(59)56-41-57-58(42-60(56)66)64(53-29-15-13-27-50(53)45-22-8-4-9-23-45)55-31-17-16-30-54(55)63(57)52-28-14-12-26-49(52)44-20-6-3-7-21-44/h3-42H,1-2H3. The number of fused-ring (bicyclic) bond motifs is 6. The summed E-state index contributed by atoms with van der Waals surface area (Å²) in [5.74, 6) is 0.936. The van der Waals surface area contributed by atoms with Gasteiger partial charge in [-0.05, 0) is 142 Å². The van der Waals surface area contributed by atoms with Crippen molar-refractivity contribution in [2.24, 2.45) is 0 Å². The Balaban J connectivity index is 1.01. The van der Waals surface area contributed by atoms with Crippen molar-refractivity contribution < 1.29 is 0 Å². The first-order chi connectivity index (χ1) is 33.5. The van der Waals surface area contributed by atoms with Crippen molar-refractivity contribution in [2.45, 2.75) is 19.3 Å². The fourth-order valence-corrected chi connectivity index (χ4v) is 11.2. The van der Waals surface area contributed by atoms with Crippen molar-refractivity contribution in [1.29, 1.82) is 0 Å². The minimum atomic E-state index is -0.265. The molecule has 0 bridgehead atoms. The highest BCUT2D eigenvalue weighted by atomic mass is 15.1. The number of hydrogen-bond acceptors (Lipinski definition) is 1. The maximum atomic E-state index is 5.15. The van der Waals surface area contributed by atoms with Crippen LogP contribution in [0.4, 0.5) is 0 Å². The Morgan fingerprint density at radius 2 is 0.794 bits per heavy atom. The van der Waals surface area contributed by atoms with E-state index in [0.29, 0.717) is 0 Å². The zero-order valence-electron chi connectivity index (χ0n) is 38.0. The van der Waals surface area contributed by atoms with Crippen LogP contribution in [-0.4, -0.2) is 9.55 Å². The number of aromatic nitrogens is 2. The zero-order chi connectivity index (χ0) is 45.3. The quantitative estimate of drug-likeness (QED) is 0.146. The van der Waals surface area contributed by atoms with E-state index in [2.05, 4.69) is 261 Å². The van der Waals surface area contributed by atoms with Gasteiger partial charge >= 0.3 is 0 Å². The van der Waals surface area contributed by atoms with Gasteiger partial charge in [0.25, 0.3) is 0 Å². The Labute approximate surface area is 397 Å². The molecule has 1 aliphatic carbocycles. The molecule has 0 amide bonds. The van der Waals surface area contributed by atoms with E-state index in [1.165, 1.54) is 99.4 Å². The van der Waals surface area contributed by atoms with E-state index < -0.39 is 0 Å². The van der Waals surface area contributed by atoms with E-state index in [4.69, 9.17) is 4.98 Å². The van der Waals surface area contributed by atoms with Gasteiger partial charge in [-0.15, -0.1) is 0 Å². The molecule has 0 saturated heterocycles. The molecule has 0 saturated carbocycles. The maximum absolute atomic E-state index is 5.15. The molecule has 0 N–H and O–H groups in total. The second-order valence-corrected chi connectivity index (χ2v) is 18.6. The first-order valence-electron chi connectivity index (χ1n) is 23.6. The lowest BCUT2D eigenvalue weighted by molar-refractivity contribution is 0.661. The molecule has 0 atom stereocenters. The van der Waals surface area contributed by atoms with Gasteiger partial charge in [0.1, 0.15) is 5.82 Å². The summed E-state index contributed by atoms with van der Waals surface area (Å²) >= 11 is 0. The van der Waals surface area contributed by atoms with E-state index in [9.17, 15) is 0 Å². The molecule has 0 unspecified atom stereocenters. The first kappa shape index (κ1) is 39.7. The third kappa shape index (κ3) is 6.29. The highest BCUT2D eigenvalue weighted by Crippen LogP contribution is 2.55. The fourth-order valence-electron chi connectivity index (χ4n) is 11.2. The summed E-state index contributed by atoms with van der Waals surface area (Å²) in [6.45, 7) is 4.82. The maximum Gasteiger partial charge on any atom is 0.145 e. The minimum Gasteiger partial charge on any atom is -0.292 e. The summed E-state index contributed by atoms with van der Waals surface area (Å²) in [6, 6.07) is 88.8. The Bertz CT molecular complexity index is 3900. The summed E-state index contributed by atoms with van der Waals surface area (Å²) in [7, 11) is 0. The average Bonchev–Trinajstić information content (AvgIpc) is 3.90. The van der Waals surface area contributed by atoms with Crippen LogP contribution in [-0.2, 0) is 5.41 Å². The number of imidazole rings is 1. The van der Waals surface area contributed by atoms with Gasteiger partial charge < -0.3 is 0 Å². The lowest BCUT2D eigenvalue weighted by Crippen LogP contribution is -2.15. The van der Waals surface area contributed by atoms with Gasteiger partial charge in [0.05, 0.1) is 11.0 Å². The lowest BCUT2D eigenvalue weighted by atomic mass is 9.78. The Kier molecular flexibility index (Phi) is 9.23. The first-order valence-corrected chi connectivity index (χ1v) is 23.6. The van der Waals surface area contributed by atoms with Crippen LogP contribution in [0, 0.1) is 0 Å². The van der Waals surface area contributed by atoms with E-state index in [1.54, 1.807) is 0 Å². The molecule has 1 heterocycles. The third-order valence-corrected chi connectivity index (χ3v) is 14.4. The molecular formula is C66H46N2. The molecule has 1 aliphatic rings. The van der Waals surface area contributed by atoms with Crippen LogP contribution < -0.4 is 0 Å². The van der Waals surface area contributed by atoms with Crippen molar-refractivity contribution in [3.8, 4) is 83.8 Å². The van der Waals surface area contributed by atoms with Gasteiger partial charge in [-0.1, -0.05) is 214 Å². The normalized spacial score (nSPS) is 12.7. The highest BCUT2D eigenvalue weighted by Gasteiger charge is 2.37. The number of nitrogens with zero attached hydrogens (tertiary/aromatic N) is 2. The monoisotopic (exact) mass is 866 g/mol. The summed E-state index contributed by atoms with van der Waals surface area (Å²) in [5.41, 5.74) is 21.6. The van der Waals surface area contributed by atoms with Crippen LogP contribution in [0.1, 0.15) is 25.0 Å². The van der Waals surface area contributed by atoms with Crippen LogP contribution in [0.2, 0.25) is 0 Å². The molecule has 0 fully saturated rings. The van der Waals surface area contributed by atoms with Crippen LogP contribution >= 0.6 is 0 Å². The molecule has 12 aromatic rings. The number of rotatable bonds is 7. The SMILES string of the molecule is CC1(C)c2cc(-c3ccc(-c4nc5ccccc5n4-c4ccccc4)cc3)ccc2-c2cc3c(-c4ccccc4-c4ccccc4)c4ccccc4c(-c4ccccc4-c4ccccc4)c3cc21. The largest absolute Gasteiger partial charge is 0.292 e. The van der Waals surface area contributed by atoms with Gasteiger partial charge in [0, 0.05) is 16.7 Å². The molecule has 0 aliphatic heterocycles. The molecule has 2 heteroatoms. The number of benzene rings is 11. The Morgan fingerprint density at radius 1 is 0.324 bits per heavy atom. The van der Waals surface area contributed by atoms with Crippen LogP contribution in [0.25, 0.3) is 116 Å². The van der Waals surface area contributed by atoms with Gasteiger partial charge in [-0.25, -0.2) is 4.98 Å². The third-order valence-electron chi connectivity index (χ3n) is 14.4. The molecule has 2 nitrogen and oxygen atoms in total. The highest BCUT2D eigenvalue weighted by molar-refractivity contribution is 6.24. The summed E-state index contributed by atoms with van der Waals surface area (Å²) in [6.07, 6.45) is 0. The van der Waals surface area contributed by atoms with Crippen molar-refractivity contribution in [2.75, 3.05) is 0 Å². The van der Waals surface area contributed by atoms with Crippen molar-refractivity contribution in [1.82, 2.24) is 9.55 Å². The molecule has 0 spiro atoms. The molecule has 0 radical (unpaired) electrons. The number of para-hydroxylation sites is 3. The van der Waals surface area contributed by atoms with E-state index >= 15 is 0 Å². The summed E-state index contributed by atoms with van der Waals surface area (Å²) in [5, 5.41) is 5.02. The summed E-state index contributed by atoms with van der Waals surface area (Å²) < 4.78 is 2.27. The predicted molar refractivity (Wildman–Crippen MR) is 286 cm³/mol. The van der Waals surface area contributed by atoms with E-state index in [1.807, 2.05) is 0 Å². The predicted octanol–water partition coefficient (Wildman–Crippen LogP) is 17.6. The number of hydrogen-bond donors (Lipinski definition) is 0. The van der Waals surface area contributed by atoms with Crippen molar-refractivity contribution >= 4 is 32.6 Å². The van der Waals surface area contributed by atoms with E-state index in [0.717, 1.165) is 28.1 Å². The second kappa shape index (κ2) is 15.8. The van der Waals surface area contributed by atoms with Gasteiger partial charge in [-0.2, -0.15) is 0 Å². The van der Waals surface area contributed by atoms with E-state index in [-0.39, 0.29) is 5.41 Å². The van der Waals surface area contributed by atoms with Gasteiger partial charge in [0.2, 0.25) is 0 Å². The Morgan fingerprint density at radius 3 is 1.41 bits per heavy atom. The summed E-state index contributed by atoms with van der Waals surface area (Å²) in [4.78, 5) is 5.15. The van der Waals surface area contributed by atoms with Gasteiger partial charge in [-0.3, -0.25) is 4.57 Å². The molecule has 11 aromatic carbocycles. The van der Waals surface area contributed by atoms with Crippen LogP contribution in [0.15, 0.2) is 243 Å². The van der Waals surface area contributed by atoms with Gasteiger partial charge in [0.15, 0.2) is 0 Å². The molecule has 320 valence electrons. The zero-order valence-corrected chi connectivity index (χ0v) is 38.0. The van der Waals surface area contributed by atoms with Crippen molar-refractivity contribution in [3.63, 3.8) is 0 Å². The topological polar surface area (TPSA) is 17.8 Å². The smallest absolute Gasteiger partial charge is 0.145 e. The van der Waals surface area contributed by atoms with Crippen LogP contribution in [0.5, 0.6) is 0 Å². The molecular weight excluding hydrogens is 821 g/mol. The molecule has 68 heavy (non-hydrogen) atoms. The van der Waals surface area contributed by atoms with Crippen LogP contribution in [0.3, 0.4) is 0 Å².